The predicted octanol–water partition coefficient (Wildman–Crippen LogP) is 2.63. The van der Waals surface area contributed by atoms with E-state index in [-0.39, 0.29) is 0 Å². The second-order valence-corrected chi connectivity index (χ2v) is 6.79. The van der Waals surface area contributed by atoms with Crippen molar-refractivity contribution >= 4 is 0 Å². The van der Waals surface area contributed by atoms with Crippen LogP contribution in [0.2, 0.25) is 0 Å². The average molecular weight is 224 g/mol. The molecule has 0 radical (unpaired) electrons. The van der Waals surface area contributed by atoms with Crippen LogP contribution in [0, 0.1) is 11.3 Å². The van der Waals surface area contributed by atoms with Crippen LogP contribution >= 0.6 is 0 Å². The van der Waals surface area contributed by atoms with Crippen LogP contribution in [0.3, 0.4) is 0 Å². The van der Waals surface area contributed by atoms with Gasteiger partial charge in [0.25, 0.3) is 0 Å². The van der Waals surface area contributed by atoms with E-state index in [0.29, 0.717) is 11.0 Å². The Labute approximate surface area is 101 Å². The zero-order chi connectivity index (χ0) is 11.8. The maximum Gasteiger partial charge on any atom is 0.0357 e. The molecule has 2 rings (SSSR count). The average Bonchev–Trinajstić information content (AvgIpc) is 2.60. The summed E-state index contributed by atoms with van der Waals surface area (Å²) in [4.78, 5) is 2.72. The van der Waals surface area contributed by atoms with E-state index in [1.54, 1.807) is 0 Å². The van der Waals surface area contributed by atoms with Crippen LogP contribution in [-0.2, 0) is 0 Å². The molecule has 0 aromatic carbocycles. The van der Waals surface area contributed by atoms with Crippen LogP contribution in [0.4, 0.5) is 0 Å². The van der Waals surface area contributed by atoms with Crippen molar-refractivity contribution in [2.75, 3.05) is 19.6 Å². The van der Waals surface area contributed by atoms with Crippen LogP contribution in [-0.4, -0.2) is 30.1 Å². The van der Waals surface area contributed by atoms with E-state index in [9.17, 15) is 0 Å². The Kier molecular flexibility index (Phi) is 3.33. The molecule has 94 valence electrons. The summed E-state index contributed by atoms with van der Waals surface area (Å²) >= 11 is 0. The fraction of sp³-hybridized carbons (Fsp3) is 1.00. The first kappa shape index (κ1) is 12.4. The number of likely N-dealkylation sites (tertiary alicyclic amines) is 1. The lowest BCUT2D eigenvalue weighted by Crippen LogP contribution is -2.58. The minimum absolute atomic E-state index is 0.325. The van der Waals surface area contributed by atoms with Gasteiger partial charge in [-0.05, 0) is 37.1 Å². The lowest BCUT2D eigenvalue weighted by molar-refractivity contribution is 0.0250. The molecule has 2 N–H and O–H groups in total. The molecule has 2 aliphatic rings. The molecule has 2 nitrogen and oxygen atoms in total. The minimum atomic E-state index is 0.325. The summed E-state index contributed by atoms with van der Waals surface area (Å²) in [6, 6.07) is 0. The van der Waals surface area contributed by atoms with Crippen molar-refractivity contribution in [1.82, 2.24) is 4.90 Å². The summed E-state index contributed by atoms with van der Waals surface area (Å²) in [5.41, 5.74) is 6.98. The Hall–Kier alpha value is -0.0800. The van der Waals surface area contributed by atoms with Crippen LogP contribution in [0.25, 0.3) is 0 Å². The third-order valence-corrected chi connectivity index (χ3v) is 5.07. The van der Waals surface area contributed by atoms with Crippen molar-refractivity contribution in [3.8, 4) is 0 Å². The van der Waals surface area contributed by atoms with E-state index in [0.717, 1.165) is 12.5 Å². The Morgan fingerprint density at radius 1 is 1.25 bits per heavy atom. The Morgan fingerprint density at radius 3 is 2.50 bits per heavy atom. The van der Waals surface area contributed by atoms with E-state index in [2.05, 4.69) is 25.7 Å². The zero-order valence-corrected chi connectivity index (χ0v) is 11.3. The van der Waals surface area contributed by atoms with Gasteiger partial charge in [-0.1, -0.05) is 33.6 Å². The van der Waals surface area contributed by atoms with Crippen molar-refractivity contribution in [1.29, 1.82) is 0 Å². The number of hydrogen-bond acceptors (Lipinski definition) is 2. The molecule has 2 unspecified atom stereocenters. The summed E-state index contributed by atoms with van der Waals surface area (Å²) in [5.74, 6) is 0.778. The molecule has 2 atom stereocenters. The Bertz CT molecular complexity index is 249. The maximum atomic E-state index is 6.16. The highest BCUT2D eigenvalue weighted by Crippen LogP contribution is 2.42. The predicted molar refractivity (Wildman–Crippen MR) is 69.4 cm³/mol. The fourth-order valence-corrected chi connectivity index (χ4v) is 3.79. The van der Waals surface area contributed by atoms with Crippen LogP contribution in [0.1, 0.15) is 52.9 Å². The molecule has 0 aromatic rings. The smallest absolute Gasteiger partial charge is 0.0357 e. The van der Waals surface area contributed by atoms with Crippen molar-refractivity contribution in [2.24, 2.45) is 17.1 Å². The van der Waals surface area contributed by atoms with Gasteiger partial charge in [-0.25, -0.2) is 0 Å². The van der Waals surface area contributed by atoms with E-state index in [4.69, 9.17) is 5.73 Å². The molecule has 1 saturated heterocycles. The first-order valence-electron chi connectivity index (χ1n) is 6.95. The van der Waals surface area contributed by atoms with Crippen LogP contribution in [0.15, 0.2) is 0 Å². The highest BCUT2D eigenvalue weighted by atomic mass is 15.2. The number of hydrogen-bond donors (Lipinski definition) is 1. The van der Waals surface area contributed by atoms with Gasteiger partial charge < -0.3 is 5.73 Å². The van der Waals surface area contributed by atoms with E-state index in [1.807, 2.05) is 0 Å². The summed E-state index contributed by atoms with van der Waals surface area (Å²) in [6.45, 7) is 10.6. The van der Waals surface area contributed by atoms with E-state index in [1.165, 1.54) is 45.2 Å². The molecule has 2 fully saturated rings. The fourth-order valence-electron chi connectivity index (χ4n) is 3.79. The van der Waals surface area contributed by atoms with Gasteiger partial charge in [0, 0.05) is 18.6 Å². The second-order valence-electron chi connectivity index (χ2n) is 6.79. The summed E-state index contributed by atoms with van der Waals surface area (Å²) in [7, 11) is 0. The largest absolute Gasteiger partial charge is 0.329 e. The molecule has 1 aliphatic carbocycles. The SMILES string of the molecule is CC1CCCCC1(CN)N1CCC(C)(C)C1. The molecule has 0 aromatic heterocycles. The molecule has 0 bridgehead atoms. The molecule has 1 heterocycles. The van der Waals surface area contributed by atoms with Gasteiger partial charge in [-0.15, -0.1) is 0 Å². The van der Waals surface area contributed by atoms with Gasteiger partial charge in [0.1, 0.15) is 0 Å². The van der Waals surface area contributed by atoms with Crippen LogP contribution < -0.4 is 5.73 Å². The Morgan fingerprint density at radius 2 is 2.00 bits per heavy atom. The molecule has 1 aliphatic heterocycles. The molecular formula is C14H28N2. The lowest BCUT2D eigenvalue weighted by Gasteiger charge is -2.49. The normalized spacial score (nSPS) is 40.1. The lowest BCUT2D eigenvalue weighted by atomic mass is 9.72. The number of rotatable bonds is 2. The summed E-state index contributed by atoms with van der Waals surface area (Å²) in [5, 5.41) is 0. The zero-order valence-electron chi connectivity index (χ0n) is 11.3. The highest BCUT2D eigenvalue weighted by molar-refractivity contribution is 5.02. The topological polar surface area (TPSA) is 29.3 Å². The maximum absolute atomic E-state index is 6.16. The van der Waals surface area contributed by atoms with Gasteiger partial charge in [0.2, 0.25) is 0 Å². The van der Waals surface area contributed by atoms with Crippen LogP contribution in [0.5, 0.6) is 0 Å². The van der Waals surface area contributed by atoms with Gasteiger partial charge in [0.05, 0.1) is 0 Å². The molecule has 0 amide bonds. The standard InChI is InChI=1S/C14H28N2/c1-12-6-4-5-7-14(12,10-15)16-9-8-13(2,3)11-16/h12H,4-11,15H2,1-3H3. The van der Waals surface area contributed by atoms with E-state index < -0.39 is 0 Å². The van der Waals surface area contributed by atoms with Gasteiger partial charge in [-0.2, -0.15) is 0 Å². The number of nitrogens with two attached hydrogens (primary N) is 1. The molecule has 1 saturated carbocycles. The first-order chi connectivity index (χ1) is 7.50. The van der Waals surface area contributed by atoms with Crippen molar-refractivity contribution in [3.05, 3.63) is 0 Å². The van der Waals surface area contributed by atoms with Gasteiger partial charge in [-0.3, -0.25) is 4.90 Å². The monoisotopic (exact) mass is 224 g/mol. The third-order valence-electron chi connectivity index (χ3n) is 5.07. The van der Waals surface area contributed by atoms with Crippen molar-refractivity contribution in [3.63, 3.8) is 0 Å². The van der Waals surface area contributed by atoms with Crippen molar-refractivity contribution in [2.45, 2.75) is 58.4 Å². The summed E-state index contributed by atoms with van der Waals surface area (Å²) < 4.78 is 0. The third kappa shape index (κ3) is 2.02. The molecule has 16 heavy (non-hydrogen) atoms. The summed E-state index contributed by atoms with van der Waals surface area (Å²) in [6.07, 6.45) is 6.80. The van der Waals surface area contributed by atoms with Gasteiger partial charge >= 0.3 is 0 Å². The number of nitrogens with zero attached hydrogens (tertiary/aromatic N) is 1. The van der Waals surface area contributed by atoms with E-state index >= 15 is 0 Å². The quantitative estimate of drug-likeness (QED) is 0.781. The highest BCUT2D eigenvalue weighted by Gasteiger charge is 2.46. The Balaban J connectivity index is 2.15. The van der Waals surface area contributed by atoms with Crippen molar-refractivity contribution < 1.29 is 0 Å². The van der Waals surface area contributed by atoms with Gasteiger partial charge in [0.15, 0.2) is 0 Å². The molecule has 2 heteroatoms. The minimum Gasteiger partial charge on any atom is -0.329 e. The molecule has 0 spiro atoms. The molecular weight excluding hydrogens is 196 g/mol. The second kappa shape index (κ2) is 4.30. The first-order valence-corrected chi connectivity index (χ1v) is 6.95.